The van der Waals surface area contributed by atoms with Crippen LogP contribution in [0.2, 0.25) is 0 Å². The highest BCUT2D eigenvalue weighted by atomic mass is 16.3. The molecule has 2 saturated carbocycles. The fourth-order valence-corrected chi connectivity index (χ4v) is 6.79. The molecule has 5 atom stereocenters. The molecule has 1 N–H and O–H groups in total. The zero-order valence-electron chi connectivity index (χ0n) is 14.9. The lowest BCUT2D eigenvalue weighted by Crippen LogP contribution is -2.58. The molecule has 0 saturated heterocycles. The number of aliphatic hydroxyl groups excluding tert-OH is 1. The molecular weight excluding hydrogens is 256 g/mol. The van der Waals surface area contributed by atoms with E-state index in [1.54, 1.807) is 5.57 Å². The zero-order chi connectivity index (χ0) is 15.6. The van der Waals surface area contributed by atoms with Crippen LogP contribution < -0.4 is 0 Å². The first kappa shape index (κ1) is 15.6. The maximum absolute atomic E-state index is 10.5. The van der Waals surface area contributed by atoms with E-state index in [2.05, 4.69) is 47.6 Å². The van der Waals surface area contributed by atoms with Crippen molar-refractivity contribution in [1.82, 2.24) is 0 Å². The Kier molecular flexibility index (Phi) is 3.41. The van der Waals surface area contributed by atoms with Gasteiger partial charge in [0.1, 0.15) is 0 Å². The summed E-state index contributed by atoms with van der Waals surface area (Å²) in [5, 5.41) is 10.5. The van der Waals surface area contributed by atoms with Gasteiger partial charge in [0.25, 0.3) is 0 Å². The number of hydrogen-bond donors (Lipinski definition) is 1. The van der Waals surface area contributed by atoms with Gasteiger partial charge in [0.05, 0.1) is 6.10 Å². The number of rotatable bonds is 1. The lowest BCUT2D eigenvalue weighted by molar-refractivity contribution is -0.159. The van der Waals surface area contributed by atoms with Crippen molar-refractivity contribution in [3.63, 3.8) is 0 Å². The molecule has 0 aromatic carbocycles. The summed E-state index contributed by atoms with van der Waals surface area (Å²) in [6, 6.07) is 0. The zero-order valence-corrected chi connectivity index (χ0v) is 14.9. The van der Waals surface area contributed by atoms with Gasteiger partial charge in [0.2, 0.25) is 0 Å². The van der Waals surface area contributed by atoms with Crippen LogP contribution in [0.25, 0.3) is 0 Å². The molecule has 3 rings (SSSR count). The first-order valence-electron chi connectivity index (χ1n) is 9.02. The third-order valence-corrected chi connectivity index (χ3v) is 7.88. The highest BCUT2D eigenvalue weighted by molar-refractivity contribution is 5.28. The van der Waals surface area contributed by atoms with E-state index in [4.69, 9.17) is 0 Å². The molecule has 0 amide bonds. The molecule has 120 valence electrons. The average molecular weight is 290 g/mol. The Morgan fingerprint density at radius 3 is 2.33 bits per heavy atom. The van der Waals surface area contributed by atoms with Crippen molar-refractivity contribution >= 4 is 0 Å². The van der Waals surface area contributed by atoms with Crippen LogP contribution in [0.1, 0.15) is 73.6 Å². The van der Waals surface area contributed by atoms with Crippen molar-refractivity contribution in [3.8, 4) is 0 Å². The van der Waals surface area contributed by atoms with E-state index in [1.807, 2.05) is 0 Å². The molecule has 0 bridgehead atoms. The summed E-state index contributed by atoms with van der Waals surface area (Å²) in [5.41, 5.74) is 2.62. The Morgan fingerprint density at radius 2 is 1.71 bits per heavy atom. The largest absolute Gasteiger partial charge is 0.393 e. The third-order valence-electron chi connectivity index (χ3n) is 7.88. The predicted octanol–water partition coefficient (Wildman–Crippen LogP) is 5.19. The summed E-state index contributed by atoms with van der Waals surface area (Å²) < 4.78 is 0. The normalized spacial score (nSPS) is 48.8. The smallest absolute Gasteiger partial charge is 0.0594 e. The minimum Gasteiger partial charge on any atom is -0.393 e. The Hall–Kier alpha value is -0.300. The molecule has 0 aliphatic heterocycles. The van der Waals surface area contributed by atoms with Gasteiger partial charge in [-0.2, -0.15) is 0 Å². The Bertz CT molecular complexity index is 460. The third kappa shape index (κ3) is 1.92. The topological polar surface area (TPSA) is 20.2 Å². The van der Waals surface area contributed by atoms with Crippen LogP contribution >= 0.6 is 0 Å². The van der Waals surface area contributed by atoms with Gasteiger partial charge < -0.3 is 5.11 Å². The van der Waals surface area contributed by atoms with Crippen molar-refractivity contribution in [1.29, 1.82) is 0 Å². The van der Waals surface area contributed by atoms with Crippen molar-refractivity contribution in [3.05, 3.63) is 11.6 Å². The summed E-state index contributed by atoms with van der Waals surface area (Å²) in [5.74, 6) is 2.14. The second kappa shape index (κ2) is 4.60. The molecule has 1 nitrogen and oxygen atoms in total. The van der Waals surface area contributed by atoms with Gasteiger partial charge in [-0.3, -0.25) is 0 Å². The second-order valence-corrected chi connectivity index (χ2v) is 9.49. The van der Waals surface area contributed by atoms with Crippen LogP contribution in [0.4, 0.5) is 0 Å². The summed E-state index contributed by atoms with van der Waals surface area (Å²) in [6.45, 7) is 14.4. The van der Waals surface area contributed by atoms with E-state index in [-0.39, 0.29) is 11.5 Å². The molecule has 21 heavy (non-hydrogen) atoms. The number of hydrogen-bond acceptors (Lipinski definition) is 1. The molecule has 2 fully saturated rings. The lowest BCUT2D eigenvalue weighted by Gasteiger charge is -2.63. The van der Waals surface area contributed by atoms with Gasteiger partial charge in [-0.05, 0) is 66.1 Å². The van der Waals surface area contributed by atoms with E-state index in [1.165, 1.54) is 25.7 Å². The Morgan fingerprint density at radius 1 is 1.05 bits per heavy atom. The molecule has 1 heteroatoms. The standard InChI is InChI=1S/C20H34O/c1-13(2)14-7-8-16-19(14,5)11-9-15-18(3,4)17(21)10-12-20(15,16)6/h7,13,15-17,21H,8-12H2,1-6H3/t15-,16+,17-,19-,20-/m0/s1. The number of aliphatic hydroxyl groups is 1. The van der Waals surface area contributed by atoms with Gasteiger partial charge in [-0.1, -0.05) is 53.2 Å². The highest BCUT2D eigenvalue weighted by Gasteiger charge is 2.61. The second-order valence-electron chi connectivity index (χ2n) is 9.49. The highest BCUT2D eigenvalue weighted by Crippen LogP contribution is 2.68. The maximum Gasteiger partial charge on any atom is 0.0594 e. The summed E-state index contributed by atoms with van der Waals surface area (Å²) in [6.07, 6.45) is 8.53. The average Bonchev–Trinajstić information content (AvgIpc) is 2.73. The lowest BCUT2D eigenvalue weighted by atomic mass is 9.42. The van der Waals surface area contributed by atoms with Crippen LogP contribution in [0.3, 0.4) is 0 Å². The number of allylic oxidation sites excluding steroid dienone is 2. The van der Waals surface area contributed by atoms with Gasteiger partial charge in [-0.15, -0.1) is 0 Å². The van der Waals surface area contributed by atoms with Gasteiger partial charge in [0, 0.05) is 0 Å². The van der Waals surface area contributed by atoms with E-state index >= 15 is 0 Å². The van der Waals surface area contributed by atoms with Gasteiger partial charge in [0.15, 0.2) is 0 Å². The molecule has 0 aromatic heterocycles. The van der Waals surface area contributed by atoms with E-state index in [0.717, 1.165) is 12.3 Å². The first-order chi connectivity index (χ1) is 9.64. The molecule has 3 aliphatic carbocycles. The molecular formula is C20H34O. The van der Waals surface area contributed by atoms with Crippen molar-refractivity contribution in [2.24, 2.45) is 34.0 Å². The number of fused-ring (bicyclic) bond motifs is 3. The van der Waals surface area contributed by atoms with Gasteiger partial charge in [-0.25, -0.2) is 0 Å². The quantitative estimate of drug-likeness (QED) is 0.659. The summed E-state index contributed by atoms with van der Waals surface area (Å²) >= 11 is 0. The van der Waals surface area contributed by atoms with Crippen molar-refractivity contribution in [2.75, 3.05) is 0 Å². The minimum atomic E-state index is -0.112. The molecule has 0 unspecified atom stereocenters. The first-order valence-corrected chi connectivity index (χ1v) is 9.02. The summed E-state index contributed by atoms with van der Waals surface area (Å²) in [4.78, 5) is 0. The minimum absolute atomic E-state index is 0.0783. The fraction of sp³-hybridized carbons (Fsp3) is 0.900. The van der Waals surface area contributed by atoms with Crippen LogP contribution in [0.5, 0.6) is 0 Å². The van der Waals surface area contributed by atoms with E-state index in [0.29, 0.717) is 22.7 Å². The van der Waals surface area contributed by atoms with Gasteiger partial charge >= 0.3 is 0 Å². The molecule has 3 aliphatic rings. The SMILES string of the molecule is CC(C)C1=CC[C@H]2[C@@]3(C)CC[C@H](O)C(C)(C)[C@@H]3CC[C@@]12C. The molecule has 0 heterocycles. The molecule has 0 aromatic rings. The summed E-state index contributed by atoms with van der Waals surface area (Å²) in [7, 11) is 0. The fourth-order valence-electron chi connectivity index (χ4n) is 6.79. The molecule has 0 spiro atoms. The van der Waals surface area contributed by atoms with Crippen LogP contribution in [-0.2, 0) is 0 Å². The van der Waals surface area contributed by atoms with Crippen LogP contribution in [0, 0.1) is 34.0 Å². The Labute approximate surface area is 131 Å². The predicted molar refractivity (Wildman–Crippen MR) is 89.0 cm³/mol. The van der Waals surface area contributed by atoms with Crippen molar-refractivity contribution < 1.29 is 5.11 Å². The van der Waals surface area contributed by atoms with Crippen LogP contribution in [0.15, 0.2) is 11.6 Å². The van der Waals surface area contributed by atoms with Crippen LogP contribution in [-0.4, -0.2) is 11.2 Å². The Balaban J connectivity index is 1.98. The van der Waals surface area contributed by atoms with Crippen molar-refractivity contribution in [2.45, 2.75) is 79.8 Å². The van der Waals surface area contributed by atoms with E-state index < -0.39 is 0 Å². The maximum atomic E-state index is 10.5. The van der Waals surface area contributed by atoms with E-state index in [9.17, 15) is 5.11 Å². The molecule has 0 radical (unpaired) electrons. The monoisotopic (exact) mass is 290 g/mol.